The number of hydrogen-bond acceptors (Lipinski definition) is 6. The Morgan fingerprint density at radius 2 is 1.96 bits per heavy atom. The third-order valence-corrected chi connectivity index (χ3v) is 4.29. The molecule has 0 unspecified atom stereocenters. The summed E-state index contributed by atoms with van der Waals surface area (Å²) in [6.45, 7) is 1.97. The number of non-ortho nitro benzene ring substituents is 1. The Hall–Kier alpha value is -4.00. The second-order valence-corrected chi connectivity index (χ2v) is 6.25. The van der Waals surface area contributed by atoms with Crippen LogP contribution in [0.25, 0.3) is 22.6 Å². The number of benzene rings is 3. The van der Waals surface area contributed by atoms with E-state index in [0.717, 1.165) is 16.6 Å². The van der Waals surface area contributed by atoms with Crippen LogP contribution in [0.4, 0.5) is 11.4 Å². The van der Waals surface area contributed by atoms with Crippen LogP contribution in [0.5, 0.6) is 5.75 Å². The van der Waals surface area contributed by atoms with E-state index in [4.69, 9.17) is 4.42 Å². The van der Waals surface area contributed by atoms with Crippen molar-refractivity contribution >= 4 is 28.7 Å². The van der Waals surface area contributed by atoms with Gasteiger partial charge in [-0.3, -0.25) is 15.1 Å². The lowest BCUT2D eigenvalue weighted by Gasteiger charge is -2.00. The van der Waals surface area contributed by atoms with Gasteiger partial charge in [-0.2, -0.15) is 0 Å². The van der Waals surface area contributed by atoms with Crippen molar-refractivity contribution in [2.24, 2.45) is 4.99 Å². The van der Waals surface area contributed by atoms with Crippen molar-refractivity contribution in [3.63, 3.8) is 0 Å². The zero-order valence-corrected chi connectivity index (χ0v) is 14.9. The molecule has 0 radical (unpaired) electrons. The van der Waals surface area contributed by atoms with Crippen molar-refractivity contribution in [1.29, 1.82) is 0 Å². The molecule has 1 N–H and O–H groups in total. The van der Waals surface area contributed by atoms with Gasteiger partial charge in [0.25, 0.3) is 5.69 Å². The van der Waals surface area contributed by atoms with Gasteiger partial charge in [-0.05, 0) is 42.8 Å². The number of fused-ring (bicyclic) bond motifs is 1. The first-order valence-electron chi connectivity index (χ1n) is 8.49. The molecule has 28 heavy (non-hydrogen) atoms. The first kappa shape index (κ1) is 17.4. The van der Waals surface area contributed by atoms with Gasteiger partial charge in [0, 0.05) is 29.5 Å². The zero-order valence-electron chi connectivity index (χ0n) is 14.9. The molecule has 7 nitrogen and oxygen atoms in total. The normalized spacial score (nSPS) is 11.3. The number of aromatic nitrogens is 1. The zero-order chi connectivity index (χ0) is 19.7. The van der Waals surface area contributed by atoms with Crippen molar-refractivity contribution in [2.75, 3.05) is 0 Å². The highest BCUT2D eigenvalue weighted by molar-refractivity contribution is 5.86. The topological polar surface area (TPSA) is 102 Å². The Labute approximate surface area is 159 Å². The van der Waals surface area contributed by atoms with Crippen molar-refractivity contribution in [2.45, 2.75) is 6.92 Å². The van der Waals surface area contributed by atoms with Crippen molar-refractivity contribution < 1.29 is 14.4 Å². The molecule has 1 heterocycles. The highest BCUT2D eigenvalue weighted by Crippen LogP contribution is 2.29. The maximum absolute atomic E-state index is 10.9. The van der Waals surface area contributed by atoms with Gasteiger partial charge in [-0.1, -0.05) is 18.2 Å². The Bertz CT molecular complexity index is 1230. The molecule has 7 heteroatoms. The van der Waals surface area contributed by atoms with Crippen LogP contribution in [0.15, 0.2) is 70.1 Å². The molecule has 0 spiro atoms. The first-order chi connectivity index (χ1) is 13.5. The number of nitro groups is 1. The summed E-state index contributed by atoms with van der Waals surface area (Å²) in [4.78, 5) is 19.3. The molecule has 0 aliphatic carbocycles. The summed E-state index contributed by atoms with van der Waals surface area (Å²) >= 11 is 0. The lowest BCUT2D eigenvalue weighted by atomic mass is 10.2. The third kappa shape index (κ3) is 3.33. The van der Waals surface area contributed by atoms with Gasteiger partial charge in [-0.15, -0.1) is 0 Å². The van der Waals surface area contributed by atoms with E-state index in [9.17, 15) is 15.2 Å². The van der Waals surface area contributed by atoms with Gasteiger partial charge in [0.15, 0.2) is 5.58 Å². The fraction of sp³-hybridized carbons (Fsp3) is 0.0476. The minimum atomic E-state index is -0.521. The number of aliphatic imine (C=N–C) groups is 1. The van der Waals surface area contributed by atoms with Crippen molar-refractivity contribution in [1.82, 2.24) is 4.98 Å². The first-order valence-corrected chi connectivity index (χ1v) is 8.49. The number of aromatic hydroxyl groups is 1. The van der Waals surface area contributed by atoms with Gasteiger partial charge in [0.1, 0.15) is 11.3 Å². The van der Waals surface area contributed by atoms with Crippen LogP contribution in [0, 0.1) is 17.0 Å². The van der Waals surface area contributed by atoms with Crippen molar-refractivity contribution in [3.05, 3.63) is 81.9 Å². The monoisotopic (exact) mass is 373 g/mol. The van der Waals surface area contributed by atoms with Crippen LogP contribution in [0.1, 0.15) is 11.1 Å². The second kappa shape index (κ2) is 6.96. The molecule has 138 valence electrons. The number of oxazole rings is 1. The highest BCUT2D eigenvalue weighted by Gasteiger charge is 2.11. The number of hydrogen-bond donors (Lipinski definition) is 1. The van der Waals surface area contributed by atoms with Crippen LogP contribution in [0.3, 0.4) is 0 Å². The molecule has 0 bridgehead atoms. The molecule has 0 saturated heterocycles. The van der Waals surface area contributed by atoms with Crippen LogP contribution in [-0.4, -0.2) is 21.2 Å². The van der Waals surface area contributed by atoms with Crippen LogP contribution in [-0.2, 0) is 0 Å². The van der Waals surface area contributed by atoms with Gasteiger partial charge < -0.3 is 9.52 Å². The average Bonchev–Trinajstić information content (AvgIpc) is 3.13. The van der Waals surface area contributed by atoms with E-state index >= 15 is 0 Å². The number of nitro benzene ring substituents is 1. The van der Waals surface area contributed by atoms with E-state index in [1.165, 1.54) is 24.4 Å². The number of phenolic OH excluding ortho intramolecular Hbond substituents is 1. The largest absolute Gasteiger partial charge is 0.507 e. The van der Waals surface area contributed by atoms with Gasteiger partial charge in [-0.25, -0.2) is 4.98 Å². The van der Waals surface area contributed by atoms with E-state index in [1.807, 2.05) is 37.3 Å². The minimum Gasteiger partial charge on any atom is -0.507 e. The van der Waals surface area contributed by atoms with E-state index in [1.54, 1.807) is 12.1 Å². The molecule has 0 fully saturated rings. The predicted octanol–water partition coefficient (Wildman–Crippen LogP) is 5.17. The lowest BCUT2D eigenvalue weighted by molar-refractivity contribution is -0.384. The Kier molecular flexibility index (Phi) is 4.33. The maximum Gasteiger partial charge on any atom is 0.270 e. The highest BCUT2D eigenvalue weighted by atomic mass is 16.6. The molecule has 0 saturated carbocycles. The number of rotatable bonds is 4. The molecule has 0 aliphatic rings. The number of aryl methyl sites for hydroxylation is 1. The summed E-state index contributed by atoms with van der Waals surface area (Å²) in [5, 5.41) is 20.8. The fourth-order valence-corrected chi connectivity index (χ4v) is 2.83. The molecular formula is C21H15N3O4. The molecule has 0 aliphatic heterocycles. The SMILES string of the molecule is Cc1cccc2oc(-c3cccc(N=Cc4cc([N+](=O)[O-])ccc4O)c3)nc12. The Morgan fingerprint density at radius 1 is 1.14 bits per heavy atom. The average molecular weight is 373 g/mol. The quantitative estimate of drug-likeness (QED) is 0.302. The standard InChI is InChI=1S/C21H15N3O4/c1-13-4-2-7-19-20(13)23-21(28-19)14-5-3-6-16(10-14)22-12-15-11-17(24(26)27)8-9-18(15)25/h2-12,25H,1H3. The number of para-hydroxylation sites is 1. The lowest BCUT2D eigenvalue weighted by Crippen LogP contribution is -1.90. The Morgan fingerprint density at radius 3 is 2.75 bits per heavy atom. The molecule has 3 aromatic carbocycles. The predicted molar refractivity (Wildman–Crippen MR) is 106 cm³/mol. The number of phenols is 1. The van der Waals surface area contributed by atoms with Crippen LogP contribution in [0.2, 0.25) is 0 Å². The van der Waals surface area contributed by atoms with Gasteiger partial charge in [0.05, 0.1) is 10.6 Å². The van der Waals surface area contributed by atoms with Gasteiger partial charge >= 0.3 is 0 Å². The summed E-state index contributed by atoms with van der Waals surface area (Å²) in [6.07, 6.45) is 1.39. The van der Waals surface area contributed by atoms with E-state index in [-0.39, 0.29) is 17.0 Å². The summed E-state index contributed by atoms with van der Waals surface area (Å²) < 4.78 is 5.84. The Balaban J connectivity index is 1.67. The minimum absolute atomic E-state index is 0.0834. The molecule has 0 atom stereocenters. The molecule has 4 rings (SSSR count). The summed E-state index contributed by atoms with van der Waals surface area (Å²) in [5.41, 5.74) is 4.06. The fourth-order valence-electron chi connectivity index (χ4n) is 2.83. The summed E-state index contributed by atoms with van der Waals surface area (Å²) in [6, 6.07) is 16.8. The van der Waals surface area contributed by atoms with E-state index < -0.39 is 4.92 Å². The van der Waals surface area contributed by atoms with Crippen molar-refractivity contribution in [3.8, 4) is 17.2 Å². The van der Waals surface area contributed by atoms with E-state index in [2.05, 4.69) is 9.98 Å². The van der Waals surface area contributed by atoms with Crippen LogP contribution >= 0.6 is 0 Å². The summed E-state index contributed by atoms with van der Waals surface area (Å²) in [5.74, 6) is 0.402. The molecule has 1 aromatic heterocycles. The second-order valence-electron chi connectivity index (χ2n) is 6.25. The smallest absolute Gasteiger partial charge is 0.270 e. The molecule has 0 amide bonds. The number of nitrogens with zero attached hydrogens (tertiary/aromatic N) is 3. The van der Waals surface area contributed by atoms with E-state index in [0.29, 0.717) is 17.2 Å². The van der Waals surface area contributed by atoms with Crippen LogP contribution < -0.4 is 0 Å². The molecular weight excluding hydrogens is 358 g/mol. The van der Waals surface area contributed by atoms with Gasteiger partial charge in [0.2, 0.25) is 5.89 Å². The maximum atomic E-state index is 10.9. The molecule has 4 aromatic rings. The summed E-state index contributed by atoms with van der Waals surface area (Å²) in [7, 11) is 0. The third-order valence-electron chi connectivity index (χ3n) is 4.29.